The number of aliphatic carboxylic acids is 1. The highest BCUT2D eigenvalue weighted by Crippen LogP contribution is 2.18. The van der Waals surface area contributed by atoms with Crippen LogP contribution in [-0.2, 0) is 30.4 Å². The third-order valence-corrected chi connectivity index (χ3v) is 5.74. The van der Waals surface area contributed by atoms with Crippen molar-refractivity contribution in [1.82, 2.24) is 20.9 Å². The van der Waals surface area contributed by atoms with E-state index in [1.165, 1.54) is 0 Å². The Hall–Kier alpha value is -3.62. The number of aliphatic hydroxyl groups is 1. The number of carboxylic acid groups (broad SMARTS) is 1. The summed E-state index contributed by atoms with van der Waals surface area (Å²) < 4.78 is 0. The fourth-order valence-corrected chi connectivity index (χ4v) is 3.64. The van der Waals surface area contributed by atoms with Crippen LogP contribution in [-0.4, -0.2) is 81.3 Å². The van der Waals surface area contributed by atoms with Crippen molar-refractivity contribution in [2.24, 2.45) is 11.5 Å². The van der Waals surface area contributed by atoms with Gasteiger partial charge in [-0.15, -0.1) is 0 Å². The SMILES string of the molecule is NC(=O)CCC(NC(=O)C(CS)NC(=O)C(CO)NC(=O)C(N)Cc1c[nH]c2ccccc12)C(=O)O. The Morgan fingerprint density at radius 3 is 2.19 bits per heavy atom. The van der Waals surface area contributed by atoms with E-state index in [0.717, 1.165) is 16.5 Å². The van der Waals surface area contributed by atoms with E-state index in [1.807, 2.05) is 24.3 Å². The van der Waals surface area contributed by atoms with Crippen LogP contribution in [0, 0.1) is 0 Å². The van der Waals surface area contributed by atoms with Crippen LogP contribution in [0.2, 0.25) is 0 Å². The Bertz CT molecular complexity index is 1110. The lowest BCUT2D eigenvalue weighted by Gasteiger charge is -2.23. The molecule has 36 heavy (non-hydrogen) atoms. The first-order chi connectivity index (χ1) is 17.1. The number of aromatic amines is 1. The van der Waals surface area contributed by atoms with E-state index in [4.69, 9.17) is 11.5 Å². The van der Waals surface area contributed by atoms with Gasteiger partial charge in [-0.3, -0.25) is 19.2 Å². The number of nitrogens with one attached hydrogen (secondary N) is 4. The number of carbonyl (C=O) groups is 5. The van der Waals surface area contributed by atoms with Gasteiger partial charge in [-0.1, -0.05) is 18.2 Å². The van der Waals surface area contributed by atoms with Crippen LogP contribution in [0.3, 0.4) is 0 Å². The van der Waals surface area contributed by atoms with Crippen molar-refractivity contribution >= 4 is 53.1 Å². The minimum atomic E-state index is -1.42. The lowest BCUT2D eigenvalue weighted by molar-refractivity contribution is -0.142. The summed E-state index contributed by atoms with van der Waals surface area (Å²) in [6.45, 7) is -0.783. The van der Waals surface area contributed by atoms with Crippen LogP contribution in [0.5, 0.6) is 0 Å². The summed E-state index contributed by atoms with van der Waals surface area (Å²) in [5, 5.41) is 26.6. The average Bonchev–Trinajstić information content (AvgIpc) is 3.25. The summed E-state index contributed by atoms with van der Waals surface area (Å²) in [6, 6.07) is 2.30. The molecule has 1 aromatic heterocycles. The van der Waals surface area contributed by atoms with Gasteiger partial charge in [0.1, 0.15) is 18.1 Å². The molecular weight excluding hydrogens is 492 g/mol. The van der Waals surface area contributed by atoms with Gasteiger partial charge in [0, 0.05) is 29.3 Å². The first-order valence-electron chi connectivity index (χ1n) is 11.0. The van der Waals surface area contributed by atoms with E-state index in [1.54, 1.807) is 6.20 Å². The van der Waals surface area contributed by atoms with Gasteiger partial charge in [0.05, 0.1) is 12.6 Å². The topological polar surface area (TPSA) is 230 Å². The van der Waals surface area contributed by atoms with Crippen LogP contribution in [0.15, 0.2) is 30.5 Å². The quantitative estimate of drug-likeness (QED) is 0.123. The van der Waals surface area contributed by atoms with Crippen molar-refractivity contribution < 1.29 is 34.2 Å². The van der Waals surface area contributed by atoms with E-state index in [0.29, 0.717) is 0 Å². The third kappa shape index (κ3) is 7.96. The minimum Gasteiger partial charge on any atom is -0.480 e. The lowest BCUT2D eigenvalue weighted by atomic mass is 10.0. The van der Waals surface area contributed by atoms with E-state index >= 15 is 0 Å². The molecule has 4 amide bonds. The van der Waals surface area contributed by atoms with Crippen LogP contribution in [0.25, 0.3) is 10.9 Å². The molecule has 2 aromatic rings. The summed E-state index contributed by atoms with van der Waals surface area (Å²) in [5.74, 6) is -4.82. The number of H-pyrrole nitrogens is 1. The van der Waals surface area contributed by atoms with Gasteiger partial charge >= 0.3 is 5.97 Å². The van der Waals surface area contributed by atoms with Crippen molar-refractivity contribution in [3.05, 3.63) is 36.0 Å². The molecule has 4 unspecified atom stereocenters. The van der Waals surface area contributed by atoms with E-state index in [-0.39, 0.29) is 25.0 Å². The molecule has 0 aliphatic carbocycles. The van der Waals surface area contributed by atoms with E-state index < -0.39 is 60.4 Å². The highest BCUT2D eigenvalue weighted by molar-refractivity contribution is 7.80. The molecule has 0 bridgehead atoms. The minimum absolute atomic E-state index is 0.166. The van der Waals surface area contributed by atoms with Gasteiger partial charge in [-0.25, -0.2) is 4.79 Å². The third-order valence-electron chi connectivity index (χ3n) is 5.38. The van der Waals surface area contributed by atoms with Crippen molar-refractivity contribution in [2.45, 2.75) is 43.4 Å². The summed E-state index contributed by atoms with van der Waals surface area (Å²) >= 11 is 4.00. The zero-order valence-corrected chi connectivity index (χ0v) is 20.2. The van der Waals surface area contributed by atoms with Crippen molar-refractivity contribution in [3.8, 4) is 0 Å². The Kier molecular flexibility index (Phi) is 10.7. The normalized spacial score (nSPS) is 14.3. The van der Waals surface area contributed by atoms with Gasteiger partial charge in [-0.05, 0) is 24.5 Å². The Balaban J connectivity index is 1.96. The molecule has 2 rings (SSSR count). The van der Waals surface area contributed by atoms with Gasteiger partial charge < -0.3 is 42.6 Å². The molecular formula is C22H30N6O7S. The largest absolute Gasteiger partial charge is 0.480 e. The summed E-state index contributed by atoms with van der Waals surface area (Å²) in [6.07, 6.45) is 1.39. The Morgan fingerprint density at radius 1 is 0.972 bits per heavy atom. The number of aromatic nitrogens is 1. The summed E-state index contributed by atoms with van der Waals surface area (Å²) in [4.78, 5) is 63.0. The molecule has 0 aliphatic rings. The van der Waals surface area contributed by atoms with E-state index in [2.05, 4.69) is 33.6 Å². The molecule has 1 heterocycles. The maximum Gasteiger partial charge on any atom is 0.326 e. The molecule has 10 N–H and O–H groups in total. The lowest BCUT2D eigenvalue weighted by Crippen LogP contribution is -2.58. The molecule has 14 heteroatoms. The number of aliphatic hydroxyl groups excluding tert-OH is 1. The van der Waals surface area contributed by atoms with Gasteiger partial charge in [0.25, 0.3) is 0 Å². The second kappa shape index (κ2) is 13.5. The maximum atomic E-state index is 12.6. The summed E-state index contributed by atoms with van der Waals surface area (Å²) in [5.41, 5.74) is 12.7. The number of hydrogen-bond donors (Lipinski definition) is 9. The number of para-hydroxylation sites is 1. The van der Waals surface area contributed by atoms with Crippen LogP contribution < -0.4 is 27.4 Å². The molecule has 0 saturated heterocycles. The average molecular weight is 523 g/mol. The molecule has 4 atom stereocenters. The highest BCUT2D eigenvalue weighted by atomic mass is 32.1. The highest BCUT2D eigenvalue weighted by Gasteiger charge is 2.29. The molecule has 0 fully saturated rings. The molecule has 1 aromatic carbocycles. The smallest absolute Gasteiger partial charge is 0.326 e. The zero-order valence-electron chi connectivity index (χ0n) is 19.3. The van der Waals surface area contributed by atoms with Crippen molar-refractivity contribution in [2.75, 3.05) is 12.4 Å². The molecule has 0 radical (unpaired) electrons. The molecule has 0 spiro atoms. The molecule has 0 saturated carbocycles. The number of nitrogens with two attached hydrogens (primary N) is 2. The van der Waals surface area contributed by atoms with Gasteiger partial charge in [0.15, 0.2) is 0 Å². The number of carbonyl (C=O) groups excluding carboxylic acids is 4. The van der Waals surface area contributed by atoms with E-state index in [9.17, 15) is 34.2 Å². The van der Waals surface area contributed by atoms with Crippen molar-refractivity contribution in [3.63, 3.8) is 0 Å². The number of benzene rings is 1. The number of hydrogen-bond acceptors (Lipinski definition) is 8. The fraction of sp³-hybridized carbons (Fsp3) is 0.409. The van der Waals surface area contributed by atoms with Crippen LogP contribution in [0.4, 0.5) is 0 Å². The zero-order chi connectivity index (χ0) is 26.8. The predicted molar refractivity (Wildman–Crippen MR) is 133 cm³/mol. The number of amides is 4. The van der Waals surface area contributed by atoms with Gasteiger partial charge in [0.2, 0.25) is 23.6 Å². The Morgan fingerprint density at radius 2 is 1.58 bits per heavy atom. The number of thiol groups is 1. The van der Waals surface area contributed by atoms with Crippen LogP contribution in [0.1, 0.15) is 18.4 Å². The van der Waals surface area contributed by atoms with Gasteiger partial charge in [-0.2, -0.15) is 12.6 Å². The second-order valence-electron chi connectivity index (χ2n) is 8.06. The number of primary amides is 1. The van der Waals surface area contributed by atoms with Crippen molar-refractivity contribution in [1.29, 1.82) is 0 Å². The first kappa shape index (κ1) is 28.6. The first-order valence-corrected chi connectivity index (χ1v) is 11.6. The Labute approximate surface area is 211 Å². The molecule has 196 valence electrons. The number of rotatable bonds is 14. The maximum absolute atomic E-state index is 12.6. The fourth-order valence-electron chi connectivity index (χ4n) is 3.39. The predicted octanol–water partition coefficient (Wildman–Crippen LogP) is -2.24. The van der Waals surface area contributed by atoms with Crippen LogP contribution >= 0.6 is 12.6 Å². The molecule has 13 nitrogen and oxygen atoms in total. The molecule has 0 aliphatic heterocycles. The number of fused-ring (bicyclic) bond motifs is 1. The standard InChI is InChI=1S/C22H30N6O7S/c23-13(7-11-8-25-14-4-2-1-3-12(11)14)19(31)27-16(9-29)20(32)28-17(10-36)21(33)26-15(22(34)35)5-6-18(24)30/h1-4,8,13,15-17,25,29,36H,5-7,9-10,23H2,(H2,24,30)(H,26,33)(H,27,31)(H,28,32)(H,34,35). The monoisotopic (exact) mass is 522 g/mol. The second-order valence-corrected chi connectivity index (χ2v) is 8.43. The number of carboxylic acids is 1. The summed E-state index contributed by atoms with van der Waals surface area (Å²) in [7, 11) is 0.